The first-order chi connectivity index (χ1) is 19.0. The number of Topliss-reactive ketones (excluding diaryl/α,β-unsaturated/α-hetero) is 1. The van der Waals surface area contributed by atoms with Crippen LogP contribution in [0.2, 0.25) is 0 Å². The van der Waals surface area contributed by atoms with Crippen molar-refractivity contribution >= 4 is 39.7 Å². The molecule has 0 saturated carbocycles. The van der Waals surface area contributed by atoms with E-state index in [0.717, 1.165) is 46.0 Å². The van der Waals surface area contributed by atoms with Gasteiger partial charge in [-0.25, -0.2) is 0 Å². The molecule has 2 amide bonds. The van der Waals surface area contributed by atoms with Gasteiger partial charge < -0.3 is 10.6 Å². The van der Waals surface area contributed by atoms with Crippen molar-refractivity contribution in [1.82, 2.24) is 4.90 Å². The molecule has 0 unspecified atom stereocenters. The third kappa shape index (κ3) is 2.53. The van der Waals surface area contributed by atoms with Gasteiger partial charge in [-0.2, -0.15) is 0 Å². The second kappa shape index (κ2) is 7.64. The summed E-state index contributed by atoms with van der Waals surface area (Å²) in [6.45, 7) is 2.62. The van der Waals surface area contributed by atoms with Crippen molar-refractivity contribution in [3.8, 4) is 0 Å². The maximum atomic E-state index is 14.8. The molecule has 192 valence electrons. The van der Waals surface area contributed by atoms with Gasteiger partial charge in [-0.3, -0.25) is 19.3 Å². The second-order valence-corrected chi connectivity index (χ2v) is 11.3. The summed E-state index contributed by atoms with van der Waals surface area (Å²) >= 11 is 0. The van der Waals surface area contributed by atoms with Crippen molar-refractivity contribution in [3.05, 3.63) is 107 Å². The molecule has 4 atom stereocenters. The molecule has 0 aromatic heterocycles. The molecule has 4 aromatic carbocycles. The Labute approximate surface area is 226 Å². The molecule has 0 radical (unpaired) electrons. The Kier molecular flexibility index (Phi) is 4.44. The topological polar surface area (TPSA) is 78.5 Å². The summed E-state index contributed by atoms with van der Waals surface area (Å²) < 4.78 is 0. The minimum Gasteiger partial charge on any atom is -0.325 e. The van der Waals surface area contributed by atoms with Gasteiger partial charge in [0, 0.05) is 28.5 Å². The van der Waals surface area contributed by atoms with Crippen molar-refractivity contribution in [2.45, 2.75) is 36.8 Å². The summed E-state index contributed by atoms with van der Waals surface area (Å²) in [4.78, 5) is 46.1. The number of fused-ring (bicyclic) bond motifs is 8. The molecule has 4 heterocycles. The lowest BCUT2D eigenvalue weighted by atomic mass is 9.57. The number of aryl methyl sites for hydroxylation is 1. The molecule has 8 rings (SSSR count). The Hall–Kier alpha value is -4.29. The maximum Gasteiger partial charge on any atom is 0.251 e. The van der Waals surface area contributed by atoms with Crippen molar-refractivity contribution in [3.63, 3.8) is 0 Å². The number of nitrogens with zero attached hydrogens (tertiary/aromatic N) is 1. The number of anilines is 2. The normalized spacial score (nSPS) is 28.5. The molecule has 6 nitrogen and oxygen atoms in total. The molecule has 4 aliphatic rings. The monoisotopic (exact) mass is 513 g/mol. The SMILES string of the molecule is Cc1cccc2c1NC(=O)[C@]21N2CCC[C@@H]2[C@@H](C(=O)c2ccc3ccccc3c2)[C@@]12C(=O)Nc1ccccc12. The predicted molar refractivity (Wildman–Crippen MR) is 150 cm³/mol. The summed E-state index contributed by atoms with van der Waals surface area (Å²) in [6, 6.07) is 27.0. The highest BCUT2D eigenvalue weighted by Crippen LogP contribution is 2.68. The standard InChI is InChI=1S/C33H27N3O3/c1-19-8-6-12-24-28(19)35-31(39)33(24)32(23-11-4-5-13-25(23)34-30(32)38)27(26-14-7-17-36(26)33)29(37)22-16-15-20-9-2-3-10-21(20)18-22/h2-6,8-13,15-16,18,26-27H,7,14,17H2,1H3,(H,34,38)(H,35,39)/t26-,27+,32+,33-/m1/s1. The molecule has 2 spiro atoms. The predicted octanol–water partition coefficient (Wildman–Crippen LogP) is 5.16. The Morgan fingerprint density at radius 2 is 1.62 bits per heavy atom. The quantitative estimate of drug-likeness (QED) is 0.363. The highest BCUT2D eigenvalue weighted by atomic mass is 16.2. The number of benzene rings is 4. The van der Waals surface area contributed by atoms with Crippen LogP contribution in [0.4, 0.5) is 11.4 Å². The lowest BCUT2D eigenvalue weighted by Crippen LogP contribution is -2.62. The minimum atomic E-state index is -1.42. The van der Waals surface area contributed by atoms with Gasteiger partial charge in [0.25, 0.3) is 5.91 Å². The number of para-hydroxylation sites is 2. The zero-order valence-electron chi connectivity index (χ0n) is 21.5. The molecule has 4 aliphatic heterocycles. The van der Waals surface area contributed by atoms with Gasteiger partial charge in [0.15, 0.2) is 5.78 Å². The van der Waals surface area contributed by atoms with E-state index >= 15 is 0 Å². The van der Waals surface area contributed by atoms with Crippen LogP contribution in [0.3, 0.4) is 0 Å². The highest BCUT2D eigenvalue weighted by molar-refractivity contribution is 6.21. The molecule has 2 N–H and O–H groups in total. The summed E-state index contributed by atoms with van der Waals surface area (Å²) in [6.07, 6.45) is 1.61. The fraction of sp³-hybridized carbons (Fsp3) is 0.242. The number of ketones is 1. The van der Waals surface area contributed by atoms with Crippen molar-refractivity contribution in [1.29, 1.82) is 0 Å². The number of rotatable bonds is 2. The summed E-state index contributed by atoms with van der Waals surface area (Å²) in [7, 11) is 0. The second-order valence-electron chi connectivity index (χ2n) is 11.3. The number of carbonyl (C=O) groups is 3. The van der Waals surface area contributed by atoms with Crippen LogP contribution < -0.4 is 10.6 Å². The minimum absolute atomic E-state index is 0.0877. The van der Waals surface area contributed by atoms with E-state index < -0.39 is 16.9 Å². The van der Waals surface area contributed by atoms with Crippen LogP contribution in [0.25, 0.3) is 10.8 Å². The first-order valence-electron chi connectivity index (χ1n) is 13.6. The fourth-order valence-electron chi connectivity index (χ4n) is 8.27. The third-order valence-electron chi connectivity index (χ3n) is 9.66. The fourth-order valence-corrected chi connectivity index (χ4v) is 8.27. The van der Waals surface area contributed by atoms with Gasteiger partial charge in [0.05, 0.1) is 5.92 Å². The van der Waals surface area contributed by atoms with Crippen LogP contribution >= 0.6 is 0 Å². The summed E-state index contributed by atoms with van der Waals surface area (Å²) in [5.74, 6) is -1.32. The Morgan fingerprint density at radius 1 is 0.846 bits per heavy atom. The van der Waals surface area contributed by atoms with E-state index in [1.165, 1.54) is 0 Å². The van der Waals surface area contributed by atoms with Crippen molar-refractivity contribution < 1.29 is 14.4 Å². The highest BCUT2D eigenvalue weighted by Gasteiger charge is 2.81. The molecule has 2 fully saturated rings. The third-order valence-corrected chi connectivity index (χ3v) is 9.66. The van der Waals surface area contributed by atoms with E-state index in [-0.39, 0.29) is 23.6 Å². The van der Waals surface area contributed by atoms with E-state index in [0.29, 0.717) is 17.8 Å². The molecule has 4 aromatic rings. The number of carbonyl (C=O) groups excluding carboxylic acids is 3. The average molecular weight is 514 g/mol. The maximum absolute atomic E-state index is 14.8. The van der Waals surface area contributed by atoms with Crippen LogP contribution in [0.15, 0.2) is 84.9 Å². The lowest BCUT2D eigenvalue weighted by Gasteiger charge is -2.43. The molecule has 6 heteroatoms. The van der Waals surface area contributed by atoms with Gasteiger partial charge >= 0.3 is 0 Å². The van der Waals surface area contributed by atoms with E-state index in [2.05, 4.69) is 15.5 Å². The molecule has 2 saturated heterocycles. The Bertz CT molecular complexity index is 1760. The van der Waals surface area contributed by atoms with Gasteiger partial charge in [-0.15, -0.1) is 0 Å². The van der Waals surface area contributed by atoms with Gasteiger partial charge in [0.2, 0.25) is 5.91 Å². The summed E-state index contributed by atoms with van der Waals surface area (Å²) in [5, 5.41) is 8.30. The smallest absolute Gasteiger partial charge is 0.251 e. The van der Waals surface area contributed by atoms with Crippen LogP contribution in [-0.4, -0.2) is 35.1 Å². The van der Waals surface area contributed by atoms with E-state index in [4.69, 9.17) is 0 Å². The van der Waals surface area contributed by atoms with Crippen LogP contribution in [0.5, 0.6) is 0 Å². The lowest BCUT2D eigenvalue weighted by molar-refractivity contribution is -0.137. The van der Waals surface area contributed by atoms with E-state index in [1.807, 2.05) is 91.9 Å². The van der Waals surface area contributed by atoms with E-state index in [9.17, 15) is 14.4 Å². The zero-order chi connectivity index (χ0) is 26.5. The number of nitrogens with one attached hydrogen (secondary N) is 2. The Morgan fingerprint density at radius 3 is 2.49 bits per heavy atom. The molecular weight excluding hydrogens is 486 g/mol. The zero-order valence-corrected chi connectivity index (χ0v) is 21.5. The van der Waals surface area contributed by atoms with Crippen LogP contribution in [0.1, 0.15) is 39.9 Å². The number of hydrogen-bond acceptors (Lipinski definition) is 4. The number of amides is 2. The van der Waals surface area contributed by atoms with Crippen LogP contribution in [0, 0.1) is 12.8 Å². The largest absolute Gasteiger partial charge is 0.325 e. The van der Waals surface area contributed by atoms with Gasteiger partial charge in [-0.1, -0.05) is 72.8 Å². The molecule has 0 bridgehead atoms. The molecular formula is C33H27N3O3. The summed E-state index contributed by atoms with van der Waals surface area (Å²) in [5.41, 5.74) is 1.72. The van der Waals surface area contributed by atoms with Crippen molar-refractivity contribution in [2.24, 2.45) is 5.92 Å². The molecule has 0 aliphatic carbocycles. The first kappa shape index (κ1) is 22.7. The van der Waals surface area contributed by atoms with Crippen LogP contribution in [-0.2, 0) is 20.5 Å². The first-order valence-corrected chi connectivity index (χ1v) is 13.6. The average Bonchev–Trinajstić information content (AvgIpc) is 3.67. The van der Waals surface area contributed by atoms with E-state index in [1.54, 1.807) is 0 Å². The van der Waals surface area contributed by atoms with Gasteiger partial charge in [0.1, 0.15) is 11.0 Å². The molecule has 39 heavy (non-hydrogen) atoms. The Balaban J connectivity index is 1.46. The van der Waals surface area contributed by atoms with Crippen molar-refractivity contribution in [2.75, 3.05) is 17.2 Å². The number of hydrogen-bond donors (Lipinski definition) is 2. The van der Waals surface area contributed by atoms with Gasteiger partial charge in [-0.05, 0) is 60.3 Å².